The molecule has 0 amide bonds. The summed E-state index contributed by atoms with van der Waals surface area (Å²) in [5.74, 6) is -2.84. The predicted molar refractivity (Wildman–Crippen MR) is 133 cm³/mol. The molecule has 0 aliphatic heterocycles. The fourth-order valence-corrected chi connectivity index (χ4v) is 4.60. The Morgan fingerprint density at radius 2 is 1.63 bits per heavy atom. The van der Waals surface area contributed by atoms with Crippen molar-refractivity contribution in [2.75, 3.05) is 0 Å². The number of nitrogens with zero attached hydrogens (tertiary/aromatic N) is 1. The van der Waals surface area contributed by atoms with Crippen LogP contribution in [-0.4, -0.2) is 21.5 Å². The van der Waals surface area contributed by atoms with Crippen molar-refractivity contribution >= 4 is 16.7 Å². The fraction of sp³-hybridized carbons (Fsp3) is 0.296. The second kappa shape index (κ2) is 11.2. The van der Waals surface area contributed by atoms with E-state index in [0.29, 0.717) is 11.6 Å². The first-order valence-corrected chi connectivity index (χ1v) is 12.4. The van der Waals surface area contributed by atoms with E-state index in [4.69, 9.17) is 6.57 Å². The summed E-state index contributed by atoms with van der Waals surface area (Å²) >= 11 is 0. The van der Waals surface area contributed by atoms with E-state index in [-0.39, 0.29) is 23.2 Å². The molecule has 0 unspecified atom stereocenters. The number of hydrogen-bond acceptors (Lipinski definition) is 2. The highest BCUT2D eigenvalue weighted by molar-refractivity contribution is 7.84. The van der Waals surface area contributed by atoms with Gasteiger partial charge >= 0.3 is 12.5 Å². The van der Waals surface area contributed by atoms with Crippen LogP contribution in [0.1, 0.15) is 37.5 Å². The van der Waals surface area contributed by atoms with Gasteiger partial charge in [-0.15, -0.1) is 0 Å². The summed E-state index contributed by atoms with van der Waals surface area (Å²) in [4.78, 5) is 3.17. The van der Waals surface area contributed by atoms with Crippen LogP contribution in [0.3, 0.4) is 0 Å². The van der Waals surface area contributed by atoms with E-state index in [1.807, 2.05) is 0 Å². The Morgan fingerprint density at radius 1 is 0.974 bits per heavy atom. The molecule has 3 aromatic carbocycles. The van der Waals surface area contributed by atoms with Crippen molar-refractivity contribution < 1.29 is 35.3 Å². The van der Waals surface area contributed by atoms with E-state index in [9.17, 15) is 30.6 Å². The van der Waals surface area contributed by atoms with Crippen LogP contribution in [0.5, 0.6) is 5.75 Å². The highest BCUT2D eigenvalue weighted by Gasteiger charge is 2.45. The Morgan fingerprint density at radius 3 is 2.21 bits per heavy atom. The van der Waals surface area contributed by atoms with Gasteiger partial charge in [0.05, 0.1) is 27.8 Å². The minimum Gasteiger partial charge on any atom is -0.428 e. The second-order valence-corrected chi connectivity index (χ2v) is 11.4. The molecule has 0 radical (unpaired) electrons. The molecule has 0 heterocycles. The minimum absolute atomic E-state index is 0.0765. The number of benzene rings is 3. The van der Waals surface area contributed by atoms with Crippen molar-refractivity contribution in [2.45, 2.75) is 50.0 Å². The van der Waals surface area contributed by atoms with Gasteiger partial charge in [-0.05, 0) is 68.1 Å². The quantitative estimate of drug-likeness (QED) is 0.223. The van der Waals surface area contributed by atoms with Crippen molar-refractivity contribution in [1.29, 1.82) is 0 Å². The molecule has 38 heavy (non-hydrogen) atoms. The van der Waals surface area contributed by atoms with Crippen molar-refractivity contribution in [1.82, 2.24) is 4.72 Å². The third-order valence-electron chi connectivity index (χ3n) is 5.57. The van der Waals surface area contributed by atoms with Crippen LogP contribution in [0.15, 0.2) is 66.7 Å². The van der Waals surface area contributed by atoms with Crippen LogP contribution in [0, 0.1) is 18.2 Å². The lowest BCUT2D eigenvalue weighted by molar-refractivity contribution is -0.253. The van der Waals surface area contributed by atoms with E-state index >= 15 is 0 Å². The van der Waals surface area contributed by atoms with Gasteiger partial charge in [0.15, 0.2) is 0 Å². The average Bonchev–Trinajstić information content (AvgIpc) is 2.83. The zero-order valence-electron chi connectivity index (χ0n) is 20.6. The average molecular weight is 555 g/mol. The first-order chi connectivity index (χ1) is 17.7. The van der Waals surface area contributed by atoms with Crippen molar-refractivity contribution in [3.05, 3.63) is 106 Å². The molecule has 0 fully saturated rings. The Balaban J connectivity index is 2.36. The summed E-state index contributed by atoms with van der Waals surface area (Å²) in [6.07, 6.45) is -9.18. The lowest BCUT2D eigenvalue weighted by atomic mass is 9.78. The van der Waals surface area contributed by atoms with Crippen LogP contribution < -0.4 is 9.46 Å². The molecule has 202 valence electrons. The monoisotopic (exact) mass is 554 g/mol. The first-order valence-electron chi connectivity index (χ1n) is 11.2. The van der Waals surface area contributed by atoms with Crippen LogP contribution >= 0.6 is 0 Å². The van der Waals surface area contributed by atoms with Gasteiger partial charge < -0.3 is 4.74 Å². The van der Waals surface area contributed by atoms with Crippen LogP contribution in [0.25, 0.3) is 4.85 Å². The maximum absolute atomic E-state index is 14.8. The highest BCUT2D eigenvalue weighted by atomic mass is 32.2. The van der Waals surface area contributed by atoms with E-state index in [0.717, 1.165) is 18.2 Å². The molecule has 0 saturated heterocycles. The van der Waals surface area contributed by atoms with E-state index in [2.05, 4.69) is 14.3 Å². The molecule has 2 atom stereocenters. The predicted octanol–water partition coefficient (Wildman–Crippen LogP) is 7.29. The number of hydrogen-bond donors (Lipinski definition) is 1. The zero-order chi connectivity index (χ0) is 28.3. The molecule has 0 aliphatic rings. The molecule has 1 N–H and O–H groups in total. The second-order valence-electron chi connectivity index (χ2n) is 9.47. The van der Waals surface area contributed by atoms with Crippen LogP contribution in [-0.2, 0) is 22.9 Å². The molecule has 0 saturated carbocycles. The highest BCUT2D eigenvalue weighted by Crippen LogP contribution is 2.40. The maximum Gasteiger partial charge on any atom is 0.461 e. The minimum atomic E-state index is -4.91. The van der Waals surface area contributed by atoms with Gasteiger partial charge in [-0.1, -0.05) is 36.4 Å². The van der Waals surface area contributed by atoms with Gasteiger partial charge in [-0.3, -0.25) is 0 Å². The van der Waals surface area contributed by atoms with Gasteiger partial charge in [0, 0.05) is 6.07 Å². The fourth-order valence-electron chi connectivity index (χ4n) is 3.67. The third-order valence-corrected chi connectivity index (χ3v) is 7.21. The SMILES string of the molecule is [C-]#[N+]c1cc([C@@](Cc2ccccc2)(N[S@@](=O)C(C)(C)C)c2cc(F)cc(OC(F)(F)C(F)F)c2)ccc1F. The summed E-state index contributed by atoms with van der Waals surface area (Å²) in [6, 6.07) is 14.4. The zero-order valence-corrected chi connectivity index (χ0v) is 21.4. The summed E-state index contributed by atoms with van der Waals surface area (Å²) < 4.78 is 102. The Hall–Kier alpha value is -3.36. The molecule has 0 bridgehead atoms. The largest absolute Gasteiger partial charge is 0.461 e. The molecular formula is C27H24F6N2O2S. The van der Waals surface area contributed by atoms with Crippen LogP contribution in [0.2, 0.25) is 0 Å². The smallest absolute Gasteiger partial charge is 0.428 e. The maximum atomic E-state index is 14.8. The van der Waals surface area contributed by atoms with Gasteiger partial charge in [0.1, 0.15) is 17.4 Å². The van der Waals surface area contributed by atoms with Crippen molar-refractivity contribution in [3.63, 3.8) is 0 Å². The first kappa shape index (κ1) is 29.2. The molecule has 0 aromatic heterocycles. The number of nitrogens with one attached hydrogen (secondary N) is 1. The Labute approximate surface area is 219 Å². The summed E-state index contributed by atoms with van der Waals surface area (Å²) in [7, 11) is -1.89. The van der Waals surface area contributed by atoms with Crippen molar-refractivity contribution in [2.24, 2.45) is 0 Å². The molecule has 11 heteroatoms. The topological polar surface area (TPSA) is 42.7 Å². The van der Waals surface area contributed by atoms with E-state index in [1.165, 1.54) is 12.1 Å². The van der Waals surface area contributed by atoms with Gasteiger partial charge in [-0.25, -0.2) is 22.6 Å². The molecule has 3 rings (SSSR count). The van der Waals surface area contributed by atoms with E-state index < -0.39 is 51.2 Å². The number of alkyl halides is 4. The lowest BCUT2D eigenvalue weighted by Crippen LogP contribution is -2.50. The van der Waals surface area contributed by atoms with Gasteiger partial charge in [0.25, 0.3) is 0 Å². The molecule has 0 spiro atoms. The number of halogens is 6. The molecule has 0 aliphatic carbocycles. The molecule has 3 aromatic rings. The molecular weight excluding hydrogens is 530 g/mol. The van der Waals surface area contributed by atoms with Gasteiger partial charge in [-0.2, -0.15) is 17.6 Å². The normalized spacial score (nSPS) is 14.6. The Bertz CT molecular complexity index is 1360. The lowest BCUT2D eigenvalue weighted by Gasteiger charge is -2.38. The molecule has 4 nitrogen and oxygen atoms in total. The standard InChI is InChI=1S/C27H24F6N2O2S/c1-25(2,3)38(36)35-26(16-17-8-6-5-7-9-17,18-10-11-22(29)23(14-18)34-4)19-12-20(28)15-21(13-19)37-27(32,33)24(30)31/h5-15,24,35H,16H2,1-3H3/t26-,38+/m1/s1. The summed E-state index contributed by atoms with van der Waals surface area (Å²) in [6.45, 7) is 12.3. The number of ether oxygens (including phenoxy) is 1. The third kappa shape index (κ3) is 6.55. The van der Waals surface area contributed by atoms with Crippen LogP contribution in [0.4, 0.5) is 32.0 Å². The Kier molecular flexibility index (Phi) is 8.58. The van der Waals surface area contributed by atoms with Crippen molar-refractivity contribution in [3.8, 4) is 5.75 Å². The van der Waals surface area contributed by atoms with E-state index in [1.54, 1.807) is 51.1 Å². The summed E-state index contributed by atoms with van der Waals surface area (Å²) in [5.41, 5.74) is -1.46. The summed E-state index contributed by atoms with van der Waals surface area (Å²) in [5, 5.41) is 0. The van der Waals surface area contributed by atoms with Gasteiger partial charge in [0.2, 0.25) is 5.69 Å². The number of rotatable bonds is 9.